The van der Waals surface area contributed by atoms with Gasteiger partial charge in [-0.25, -0.2) is 0 Å². The molecule has 0 heterocycles. The summed E-state index contributed by atoms with van der Waals surface area (Å²) in [4.78, 5) is 0. The third kappa shape index (κ3) is 5.88. The summed E-state index contributed by atoms with van der Waals surface area (Å²) in [5, 5.41) is 11.3. The Morgan fingerprint density at radius 1 is 1.75 bits per heavy atom. The molecule has 0 aliphatic heterocycles. The fraction of sp³-hybridized carbons (Fsp3) is 1.00. The van der Waals surface area contributed by atoms with Gasteiger partial charge in [0.1, 0.15) is 6.23 Å². The lowest BCUT2D eigenvalue weighted by Gasteiger charge is -2.05. The minimum Gasteiger partial charge on any atom is -0.379 e. The molecule has 1 atom stereocenters. The molecule has 1 unspecified atom stereocenters. The largest absolute Gasteiger partial charge is 0.379 e. The number of hydrogen-bond donors (Lipinski definition) is 2. The highest BCUT2D eigenvalue weighted by Gasteiger charge is 1.88. The van der Waals surface area contributed by atoms with Gasteiger partial charge in [0.15, 0.2) is 0 Å². The van der Waals surface area contributed by atoms with Crippen LogP contribution in [-0.2, 0) is 4.74 Å². The number of aliphatic hydroxyl groups excluding tert-OH is 1. The van der Waals surface area contributed by atoms with Gasteiger partial charge in [-0.15, -0.1) is 0 Å². The van der Waals surface area contributed by atoms with Crippen molar-refractivity contribution >= 4 is 0 Å². The zero-order valence-corrected chi connectivity index (χ0v) is 5.35. The molecule has 0 aromatic carbocycles. The Kier molecular flexibility index (Phi) is 4.95. The standard InChI is InChI=1S/C5H13NO2/c1-3-8-4-6-5(2)7/h5-7H,3-4H2,1-2H3. The van der Waals surface area contributed by atoms with Gasteiger partial charge in [0.05, 0.1) is 6.73 Å². The van der Waals surface area contributed by atoms with E-state index in [0.717, 1.165) is 0 Å². The lowest BCUT2D eigenvalue weighted by Crippen LogP contribution is -2.27. The van der Waals surface area contributed by atoms with Gasteiger partial charge in [0.25, 0.3) is 0 Å². The van der Waals surface area contributed by atoms with E-state index in [9.17, 15) is 0 Å². The second-order valence-corrected chi connectivity index (χ2v) is 1.52. The van der Waals surface area contributed by atoms with Crippen molar-refractivity contribution < 1.29 is 9.84 Å². The predicted octanol–water partition coefficient (Wildman–Crippen LogP) is -0.0917. The van der Waals surface area contributed by atoms with Gasteiger partial charge in [-0.2, -0.15) is 0 Å². The number of ether oxygens (including phenoxy) is 1. The molecule has 0 saturated heterocycles. The van der Waals surface area contributed by atoms with Crippen LogP contribution in [0.3, 0.4) is 0 Å². The monoisotopic (exact) mass is 119 g/mol. The quantitative estimate of drug-likeness (QED) is 0.401. The summed E-state index contributed by atoms with van der Waals surface area (Å²) in [5.41, 5.74) is 0. The van der Waals surface area contributed by atoms with Crippen LogP contribution < -0.4 is 5.32 Å². The average Bonchev–Trinajstić information content (AvgIpc) is 1.66. The Bertz CT molecular complexity index is 47.7. The molecule has 8 heavy (non-hydrogen) atoms. The van der Waals surface area contributed by atoms with Crippen molar-refractivity contribution in [2.75, 3.05) is 13.3 Å². The number of rotatable bonds is 4. The molecule has 0 aromatic heterocycles. The second kappa shape index (κ2) is 5.03. The summed E-state index contributed by atoms with van der Waals surface area (Å²) >= 11 is 0. The van der Waals surface area contributed by atoms with Crippen LogP contribution >= 0.6 is 0 Å². The molecule has 3 nitrogen and oxygen atoms in total. The lowest BCUT2D eigenvalue weighted by molar-refractivity contribution is 0.0669. The maximum atomic E-state index is 8.59. The van der Waals surface area contributed by atoms with Gasteiger partial charge in [0.2, 0.25) is 0 Å². The van der Waals surface area contributed by atoms with Crippen molar-refractivity contribution in [3.05, 3.63) is 0 Å². The Hall–Kier alpha value is -0.120. The minimum absolute atomic E-state index is 0.425. The second-order valence-electron chi connectivity index (χ2n) is 1.52. The number of nitrogens with one attached hydrogen (secondary N) is 1. The molecule has 0 spiro atoms. The molecule has 0 radical (unpaired) electrons. The third-order valence-corrected chi connectivity index (χ3v) is 0.685. The summed E-state index contributed by atoms with van der Waals surface area (Å²) < 4.78 is 4.87. The maximum absolute atomic E-state index is 8.59. The van der Waals surface area contributed by atoms with E-state index in [1.807, 2.05) is 6.92 Å². The first kappa shape index (κ1) is 7.88. The molecule has 50 valence electrons. The fourth-order valence-electron chi connectivity index (χ4n) is 0.282. The first-order chi connectivity index (χ1) is 3.77. The van der Waals surface area contributed by atoms with Gasteiger partial charge in [-0.05, 0) is 13.8 Å². The third-order valence-electron chi connectivity index (χ3n) is 0.685. The molecule has 0 bridgehead atoms. The molecule has 0 aromatic rings. The van der Waals surface area contributed by atoms with Gasteiger partial charge < -0.3 is 9.84 Å². The Morgan fingerprint density at radius 3 is 2.75 bits per heavy atom. The van der Waals surface area contributed by atoms with Crippen LogP contribution in [0.4, 0.5) is 0 Å². The maximum Gasteiger partial charge on any atom is 0.103 e. The van der Waals surface area contributed by atoms with E-state index in [0.29, 0.717) is 13.3 Å². The Labute approximate surface area is 49.7 Å². The zero-order valence-electron chi connectivity index (χ0n) is 5.35. The van der Waals surface area contributed by atoms with Gasteiger partial charge >= 0.3 is 0 Å². The van der Waals surface area contributed by atoms with Crippen LogP contribution in [0.15, 0.2) is 0 Å². The van der Waals surface area contributed by atoms with Crippen molar-refractivity contribution in [3.63, 3.8) is 0 Å². The lowest BCUT2D eigenvalue weighted by atomic mass is 10.7. The van der Waals surface area contributed by atoms with E-state index in [1.54, 1.807) is 6.92 Å². The first-order valence-corrected chi connectivity index (χ1v) is 2.76. The zero-order chi connectivity index (χ0) is 6.41. The molecule has 0 amide bonds. The summed E-state index contributed by atoms with van der Waals surface area (Å²) in [5.74, 6) is 0. The van der Waals surface area contributed by atoms with Crippen molar-refractivity contribution in [1.82, 2.24) is 5.32 Å². The number of aliphatic hydroxyl groups is 1. The van der Waals surface area contributed by atoms with Crippen LogP contribution in [0, 0.1) is 0 Å². The predicted molar refractivity (Wildman–Crippen MR) is 31.3 cm³/mol. The highest BCUT2D eigenvalue weighted by molar-refractivity contribution is 4.34. The molecule has 3 heteroatoms. The van der Waals surface area contributed by atoms with Gasteiger partial charge in [0, 0.05) is 6.61 Å². The smallest absolute Gasteiger partial charge is 0.103 e. The van der Waals surface area contributed by atoms with Crippen LogP contribution in [0.5, 0.6) is 0 Å². The normalized spacial score (nSPS) is 13.9. The van der Waals surface area contributed by atoms with Crippen LogP contribution in [0.2, 0.25) is 0 Å². The Balaban J connectivity index is 2.72. The van der Waals surface area contributed by atoms with E-state index >= 15 is 0 Å². The van der Waals surface area contributed by atoms with Gasteiger partial charge in [-0.1, -0.05) is 0 Å². The van der Waals surface area contributed by atoms with Crippen LogP contribution in [0.1, 0.15) is 13.8 Å². The van der Waals surface area contributed by atoms with Crippen LogP contribution in [0.25, 0.3) is 0 Å². The molecular weight excluding hydrogens is 106 g/mol. The summed E-state index contributed by atoms with van der Waals surface area (Å²) in [6.45, 7) is 4.66. The first-order valence-electron chi connectivity index (χ1n) is 2.76. The van der Waals surface area contributed by atoms with E-state index in [-0.39, 0.29) is 0 Å². The van der Waals surface area contributed by atoms with Gasteiger partial charge in [-0.3, -0.25) is 5.32 Å². The van der Waals surface area contributed by atoms with Crippen molar-refractivity contribution in [2.45, 2.75) is 20.1 Å². The van der Waals surface area contributed by atoms with Crippen molar-refractivity contribution in [1.29, 1.82) is 0 Å². The average molecular weight is 119 g/mol. The molecule has 0 fully saturated rings. The minimum atomic E-state index is -0.471. The molecule has 0 saturated carbocycles. The van der Waals surface area contributed by atoms with Crippen LogP contribution in [-0.4, -0.2) is 24.7 Å². The molecule has 0 aliphatic carbocycles. The van der Waals surface area contributed by atoms with E-state index < -0.39 is 6.23 Å². The topological polar surface area (TPSA) is 41.5 Å². The number of hydrogen-bond acceptors (Lipinski definition) is 3. The summed E-state index contributed by atoms with van der Waals surface area (Å²) in [6, 6.07) is 0. The highest BCUT2D eigenvalue weighted by atomic mass is 16.5. The summed E-state index contributed by atoms with van der Waals surface area (Å²) in [7, 11) is 0. The summed E-state index contributed by atoms with van der Waals surface area (Å²) in [6.07, 6.45) is -0.471. The van der Waals surface area contributed by atoms with Crippen molar-refractivity contribution in [2.24, 2.45) is 0 Å². The molecule has 0 rings (SSSR count). The van der Waals surface area contributed by atoms with E-state index in [4.69, 9.17) is 9.84 Å². The molecule has 2 N–H and O–H groups in total. The molecule has 0 aliphatic rings. The van der Waals surface area contributed by atoms with E-state index in [1.165, 1.54) is 0 Å². The molecular formula is C5H13NO2. The Morgan fingerprint density at radius 2 is 2.38 bits per heavy atom. The SMILES string of the molecule is CCOCNC(C)O. The highest BCUT2D eigenvalue weighted by Crippen LogP contribution is 1.71. The fourth-order valence-corrected chi connectivity index (χ4v) is 0.282. The van der Waals surface area contributed by atoms with Crippen molar-refractivity contribution in [3.8, 4) is 0 Å². The van der Waals surface area contributed by atoms with E-state index in [2.05, 4.69) is 5.32 Å².